The fraction of sp³-hybridized carbons (Fsp3) is 0.600. The number of likely N-dealkylation sites (N-methyl/N-ethyl adjacent to an activating group) is 1. The van der Waals surface area contributed by atoms with Crippen LogP contribution in [0, 0.1) is 5.92 Å². The minimum atomic E-state index is -0.204. The van der Waals surface area contributed by atoms with Crippen molar-refractivity contribution in [3.63, 3.8) is 0 Å². The van der Waals surface area contributed by atoms with E-state index in [1.807, 2.05) is 6.07 Å². The van der Waals surface area contributed by atoms with Crippen molar-refractivity contribution in [2.24, 2.45) is 5.92 Å². The van der Waals surface area contributed by atoms with Crippen molar-refractivity contribution in [3.05, 3.63) is 35.9 Å². The second-order valence-electron chi connectivity index (χ2n) is 5.68. The van der Waals surface area contributed by atoms with E-state index in [0.717, 1.165) is 0 Å². The highest BCUT2D eigenvalue weighted by molar-refractivity contribution is 5.20. The molecule has 0 amide bonds. The van der Waals surface area contributed by atoms with Gasteiger partial charge in [0.15, 0.2) is 0 Å². The van der Waals surface area contributed by atoms with Crippen LogP contribution in [0.2, 0.25) is 0 Å². The maximum Gasteiger partial charge on any atom is 0.0610 e. The summed E-state index contributed by atoms with van der Waals surface area (Å²) in [7, 11) is 2.09. The number of hydrogen-bond acceptors (Lipinski definition) is 2. The average Bonchev–Trinajstić information content (AvgIpc) is 2.30. The van der Waals surface area contributed by atoms with Crippen LogP contribution in [0.3, 0.4) is 0 Å². The number of rotatable bonds is 5. The predicted octanol–water partition coefficient (Wildman–Crippen LogP) is 3.09. The second kappa shape index (κ2) is 5.65. The highest BCUT2D eigenvalue weighted by atomic mass is 16.3. The molecule has 96 valence electrons. The molecule has 1 aromatic rings. The first-order valence-corrected chi connectivity index (χ1v) is 6.29. The van der Waals surface area contributed by atoms with Gasteiger partial charge in [-0.25, -0.2) is 0 Å². The lowest BCUT2D eigenvalue weighted by Crippen LogP contribution is -2.47. The van der Waals surface area contributed by atoms with Crippen LogP contribution in [-0.4, -0.2) is 29.2 Å². The smallest absolute Gasteiger partial charge is 0.0610 e. The van der Waals surface area contributed by atoms with Crippen LogP contribution in [0.5, 0.6) is 0 Å². The Balaban J connectivity index is 3.03. The van der Waals surface area contributed by atoms with Gasteiger partial charge in [0.1, 0.15) is 0 Å². The molecule has 0 aliphatic carbocycles. The summed E-state index contributed by atoms with van der Waals surface area (Å²) in [5, 5.41) is 9.50. The van der Waals surface area contributed by atoms with E-state index in [1.54, 1.807) is 0 Å². The van der Waals surface area contributed by atoms with E-state index in [1.165, 1.54) is 5.56 Å². The van der Waals surface area contributed by atoms with Gasteiger partial charge in [-0.2, -0.15) is 0 Å². The molecule has 2 nitrogen and oxygen atoms in total. The molecule has 0 saturated carbocycles. The van der Waals surface area contributed by atoms with E-state index in [-0.39, 0.29) is 12.1 Å². The Bertz CT molecular complexity index is 332. The molecule has 0 fully saturated rings. The number of hydrogen-bond donors (Lipinski definition) is 1. The molecule has 1 N–H and O–H groups in total. The molecule has 1 atom stereocenters. The van der Waals surface area contributed by atoms with Gasteiger partial charge in [0.05, 0.1) is 6.61 Å². The van der Waals surface area contributed by atoms with Gasteiger partial charge in [-0.15, -0.1) is 0 Å². The SMILES string of the molecule is CC(C)C(c1ccccc1)N(C)C(C)(C)CO. The van der Waals surface area contributed by atoms with E-state index >= 15 is 0 Å². The minimum Gasteiger partial charge on any atom is -0.394 e. The van der Waals surface area contributed by atoms with Gasteiger partial charge in [-0.3, -0.25) is 4.90 Å². The molecular weight excluding hydrogens is 210 g/mol. The number of aliphatic hydroxyl groups excluding tert-OH is 1. The van der Waals surface area contributed by atoms with E-state index in [9.17, 15) is 5.11 Å². The lowest BCUT2D eigenvalue weighted by atomic mass is 9.90. The van der Waals surface area contributed by atoms with Crippen molar-refractivity contribution in [2.45, 2.75) is 39.3 Å². The standard InChI is InChI=1S/C15H25NO/c1-12(2)14(13-9-7-6-8-10-13)16(5)15(3,4)11-17/h6-10,12,14,17H,11H2,1-5H3. The highest BCUT2D eigenvalue weighted by Gasteiger charge is 2.31. The Kier molecular flexibility index (Phi) is 4.72. The van der Waals surface area contributed by atoms with Crippen LogP contribution in [0.4, 0.5) is 0 Å². The maximum absolute atomic E-state index is 9.50. The Hall–Kier alpha value is -0.860. The summed E-state index contributed by atoms with van der Waals surface area (Å²) < 4.78 is 0. The molecule has 1 unspecified atom stereocenters. The average molecular weight is 235 g/mol. The van der Waals surface area contributed by atoms with Crippen molar-refractivity contribution >= 4 is 0 Å². The number of nitrogens with zero attached hydrogens (tertiary/aromatic N) is 1. The summed E-state index contributed by atoms with van der Waals surface area (Å²) in [6, 6.07) is 10.8. The van der Waals surface area contributed by atoms with E-state index in [2.05, 4.69) is 63.9 Å². The van der Waals surface area contributed by atoms with Gasteiger partial charge in [0.2, 0.25) is 0 Å². The first-order valence-electron chi connectivity index (χ1n) is 6.29. The van der Waals surface area contributed by atoms with Gasteiger partial charge < -0.3 is 5.11 Å². The molecule has 17 heavy (non-hydrogen) atoms. The Morgan fingerprint density at radius 2 is 1.71 bits per heavy atom. The van der Waals surface area contributed by atoms with E-state index in [0.29, 0.717) is 12.0 Å². The Morgan fingerprint density at radius 1 is 1.18 bits per heavy atom. The van der Waals surface area contributed by atoms with Gasteiger partial charge in [-0.1, -0.05) is 44.2 Å². The van der Waals surface area contributed by atoms with Crippen molar-refractivity contribution in [2.75, 3.05) is 13.7 Å². The molecule has 1 aromatic carbocycles. The molecule has 0 radical (unpaired) electrons. The van der Waals surface area contributed by atoms with Crippen molar-refractivity contribution in [1.29, 1.82) is 0 Å². The molecule has 0 bridgehead atoms. The van der Waals surface area contributed by atoms with Crippen LogP contribution >= 0.6 is 0 Å². The normalized spacial score (nSPS) is 14.4. The monoisotopic (exact) mass is 235 g/mol. The fourth-order valence-electron chi connectivity index (χ4n) is 2.19. The van der Waals surface area contributed by atoms with Crippen LogP contribution in [-0.2, 0) is 0 Å². The lowest BCUT2D eigenvalue weighted by molar-refractivity contribution is 0.0278. The zero-order valence-corrected chi connectivity index (χ0v) is 11.6. The molecule has 2 heteroatoms. The van der Waals surface area contributed by atoms with Crippen LogP contribution in [0.1, 0.15) is 39.3 Å². The summed E-state index contributed by atoms with van der Waals surface area (Å²) in [5.74, 6) is 0.508. The third kappa shape index (κ3) is 3.30. The largest absolute Gasteiger partial charge is 0.394 e. The van der Waals surface area contributed by atoms with Gasteiger partial charge in [0.25, 0.3) is 0 Å². The summed E-state index contributed by atoms with van der Waals surface area (Å²) in [4.78, 5) is 2.27. The lowest BCUT2D eigenvalue weighted by Gasteiger charge is -2.42. The van der Waals surface area contributed by atoms with Crippen LogP contribution in [0.25, 0.3) is 0 Å². The second-order valence-corrected chi connectivity index (χ2v) is 5.68. The van der Waals surface area contributed by atoms with Gasteiger partial charge in [-0.05, 0) is 32.4 Å². The third-order valence-electron chi connectivity index (χ3n) is 3.53. The fourth-order valence-corrected chi connectivity index (χ4v) is 2.19. The first-order chi connectivity index (χ1) is 7.90. The summed E-state index contributed by atoms with van der Waals surface area (Å²) in [6.45, 7) is 8.76. The molecule has 0 aliphatic heterocycles. The quantitative estimate of drug-likeness (QED) is 0.847. The minimum absolute atomic E-state index is 0.166. The zero-order chi connectivity index (χ0) is 13.1. The van der Waals surface area contributed by atoms with Crippen LogP contribution < -0.4 is 0 Å². The molecule has 0 aromatic heterocycles. The summed E-state index contributed by atoms with van der Waals surface area (Å²) >= 11 is 0. The van der Waals surface area contributed by atoms with Crippen molar-refractivity contribution in [3.8, 4) is 0 Å². The van der Waals surface area contributed by atoms with Crippen LogP contribution in [0.15, 0.2) is 30.3 Å². The molecule has 0 aliphatic rings. The number of aliphatic hydroxyl groups is 1. The topological polar surface area (TPSA) is 23.5 Å². The highest BCUT2D eigenvalue weighted by Crippen LogP contribution is 2.32. The first kappa shape index (κ1) is 14.2. The van der Waals surface area contributed by atoms with Crippen molar-refractivity contribution in [1.82, 2.24) is 4.90 Å². The molecule has 0 spiro atoms. The maximum atomic E-state index is 9.50. The van der Waals surface area contributed by atoms with Gasteiger partial charge >= 0.3 is 0 Å². The summed E-state index contributed by atoms with van der Waals surface area (Å²) in [5.41, 5.74) is 1.11. The molecule has 1 rings (SSSR count). The van der Waals surface area contributed by atoms with Gasteiger partial charge in [0, 0.05) is 11.6 Å². The summed E-state index contributed by atoms with van der Waals surface area (Å²) in [6.07, 6.45) is 0. The Morgan fingerprint density at radius 3 is 2.12 bits per heavy atom. The molecule has 0 heterocycles. The Labute approximate surface area is 105 Å². The van der Waals surface area contributed by atoms with Crippen molar-refractivity contribution < 1.29 is 5.11 Å². The molecular formula is C15H25NO. The van der Waals surface area contributed by atoms with E-state index < -0.39 is 0 Å². The third-order valence-corrected chi connectivity index (χ3v) is 3.53. The van der Waals surface area contributed by atoms with E-state index in [4.69, 9.17) is 0 Å². The predicted molar refractivity (Wildman–Crippen MR) is 72.9 cm³/mol. The molecule has 0 saturated heterocycles. The zero-order valence-electron chi connectivity index (χ0n) is 11.6. The number of benzene rings is 1.